The van der Waals surface area contributed by atoms with Crippen LogP contribution >= 0.6 is 0 Å². The van der Waals surface area contributed by atoms with Gasteiger partial charge in [-0.3, -0.25) is 0 Å². The molecule has 0 spiro atoms. The van der Waals surface area contributed by atoms with Crippen LogP contribution in [0.4, 0.5) is 8.78 Å². The van der Waals surface area contributed by atoms with Gasteiger partial charge in [0.05, 0.1) is 0 Å². The van der Waals surface area contributed by atoms with E-state index < -0.39 is 11.6 Å². The molecular formula is C15H14F2O2. The highest BCUT2D eigenvalue weighted by molar-refractivity contribution is 5.36. The summed E-state index contributed by atoms with van der Waals surface area (Å²) in [6.07, 6.45) is 0.152. The Hall–Kier alpha value is -1.94. The smallest absolute Gasteiger partial charge is 0.168 e. The average molecular weight is 264 g/mol. The third kappa shape index (κ3) is 3.51. The van der Waals surface area contributed by atoms with Gasteiger partial charge in [0.15, 0.2) is 11.6 Å². The first-order valence-electron chi connectivity index (χ1n) is 5.96. The Morgan fingerprint density at radius 1 is 1.05 bits per heavy atom. The predicted octanol–water partition coefficient (Wildman–Crippen LogP) is 3.08. The fourth-order valence-corrected chi connectivity index (χ4v) is 1.81. The minimum Gasteiger partial charge on any atom is -0.486 e. The molecule has 0 radical (unpaired) electrons. The van der Waals surface area contributed by atoms with Crippen molar-refractivity contribution >= 4 is 0 Å². The van der Waals surface area contributed by atoms with E-state index in [4.69, 9.17) is 9.84 Å². The van der Waals surface area contributed by atoms with Gasteiger partial charge in [0.1, 0.15) is 12.4 Å². The number of aliphatic hydroxyl groups is 1. The van der Waals surface area contributed by atoms with E-state index in [1.165, 1.54) is 6.07 Å². The molecule has 0 aliphatic carbocycles. The van der Waals surface area contributed by atoms with Crippen molar-refractivity contribution in [2.45, 2.75) is 13.0 Å². The van der Waals surface area contributed by atoms with Gasteiger partial charge in [0.25, 0.3) is 0 Å². The molecule has 0 aromatic heterocycles. The fourth-order valence-electron chi connectivity index (χ4n) is 1.81. The number of aliphatic hydroxyl groups excluding tert-OH is 1. The summed E-state index contributed by atoms with van der Waals surface area (Å²) in [6.45, 7) is 0.00636. The lowest BCUT2D eigenvalue weighted by molar-refractivity contribution is 0.273. The highest BCUT2D eigenvalue weighted by Gasteiger charge is 2.12. The fraction of sp³-hybridized carbons (Fsp3) is 0.200. The van der Waals surface area contributed by atoms with Gasteiger partial charge in [-0.25, -0.2) is 8.78 Å². The van der Waals surface area contributed by atoms with E-state index in [0.717, 1.165) is 11.6 Å². The van der Waals surface area contributed by atoms with Gasteiger partial charge < -0.3 is 9.84 Å². The van der Waals surface area contributed by atoms with Crippen molar-refractivity contribution in [2.24, 2.45) is 0 Å². The monoisotopic (exact) mass is 264 g/mol. The van der Waals surface area contributed by atoms with Gasteiger partial charge in [0.2, 0.25) is 0 Å². The minimum atomic E-state index is -0.751. The molecule has 0 saturated heterocycles. The maximum atomic E-state index is 13.7. The lowest BCUT2D eigenvalue weighted by atomic mass is 10.1. The average Bonchev–Trinajstić information content (AvgIpc) is 2.39. The van der Waals surface area contributed by atoms with E-state index in [0.29, 0.717) is 5.56 Å². The van der Waals surface area contributed by atoms with Crippen LogP contribution in [-0.2, 0) is 13.0 Å². The Morgan fingerprint density at radius 3 is 2.47 bits per heavy atom. The molecule has 0 atom stereocenters. The van der Waals surface area contributed by atoms with Crippen LogP contribution in [-0.4, -0.2) is 11.7 Å². The first-order valence-corrected chi connectivity index (χ1v) is 5.96. The minimum absolute atomic E-state index is 0.000645. The Kier molecular flexibility index (Phi) is 4.47. The molecule has 2 rings (SSSR count). The van der Waals surface area contributed by atoms with Crippen molar-refractivity contribution in [3.8, 4) is 5.75 Å². The highest BCUT2D eigenvalue weighted by Crippen LogP contribution is 2.25. The van der Waals surface area contributed by atoms with Gasteiger partial charge in [-0.15, -0.1) is 0 Å². The topological polar surface area (TPSA) is 29.5 Å². The molecule has 2 nitrogen and oxygen atoms in total. The molecule has 0 bridgehead atoms. The molecule has 0 saturated carbocycles. The molecule has 4 heteroatoms. The first-order chi connectivity index (χ1) is 9.20. The molecule has 19 heavy (non-hydrogen) atoms. The van der Waals surface area contributed by atoms with Gasteiger partial charge in [-0.05, 0) is 18.1 Å². The summed E-state index contributed by atoms with van der Waals surface area (Å²) < 4.78 is 32.2. The molecular weight excluding hydrogens is 250 g/mol. The molecule has 1 N–H and O–H groups in total. The van der Waals surface area contributed by atoms with Crippen LogP contribution in [0, 0.1) is 11.6 Å². The molecule has 0 unspecified atom stereocenters. The Balaban J connectivity index is 2.19. The maximum absolute atomic E-state index is 13.7. The van der Waals surface area contributed by atoms with Gasteiger partial charge in [-0.1, -0.05) is 30.3 Å². The van der Waals surface area contributed by atoms with Crippen molar-refractivity contribution in [1.82, 2.24) is 0 Å². The van der Waals surface area contributed by atoms with Crippen LogP contribution in [0.1, 0.15) is 11.1 Å². The van der Waals surface area contributed by atoms with Crippen molar-refractivity contribution in [3.05, 3.63) is 65.2 Å². The van der Waals surface area contributed by atoms with Crippen LogP contribution < -0.4 is 4.74 Å². The summed E-state index contributed by atoms with van der Waals surface area (Å²) >= 11 is 0. The van der Waals surface area contributed by atoms with E-state index in [2.05, 4.69) is 0 Å². The number of halogens is 2. The van der Waals surface area contributed by atoms with Crippen LogP contribution in [0.5, 0.6) is 5.75 Å². The van der Waals surface area contributed by atoms with Crippen molar-refractivity contribution < 1.29 is 18.6 Å². The maximum Gasteiger partial charge on any atom is 0.168 e. The second-order valence-corrected chi connectivity index (χ2v) is 4.12. The molecule has 0 fully saturated rings. The predicted molar refractivity (Wildman–Crippen MR) is 67.9 cm³/mol. The third-order valence-electron chi connectivity index (χ3n) is 2.69. The molecule has 0 aliphatic rings. The van der Waals surface area contributed by atoms with E-state index in [-0.39, 0.29) is 25.4 Å². The Morgan fingerprint density at radius 2 is 1.79 bits per heavy atom. The van der Waals surface area contributed by atoms with Gasteiger partial charge in [-0.2, -0.15) is 0 Å². The number of ether oxygens (including phenoxy) is 1. The number of rotatable bonds is 5. The first kappa shape index (κ1) is 13.5. The standard InChI is InChI=1S/C15H14F2O2/c16-13-8-12(6-7-18)15(14(17)9-13)19-10-11-4-2-1-3-5-11/h1-5,8-9,18H,6-7,10H2. The number of benzene rings is 2. The number of hydrogen-bond donors (Lipinski definition) is 1. The lowest BCUT2D eigenvalue weighted by Gasteiger charge is -2.12. The Labute approximate surface area is 110 Å². The zero-order chi connectivity index (χ0) is 13.7. The summed E-state index contributed by atoms with van der Waals surface area (Å²) in [5.74, 6) is -1.42. The molecule has 0 amide bonds. The van der Waals surface area contributed by atoms with Crippen LogP contribution in [0.2, 0.25) is 0 Å². The SMILES string of the molecule is OCCc1cc(F)cc(F)c1OCc1ccccc1. The normalized spacial score (nSPS) is 10.5. The van der Waals surface area contributed by atoms with Crippen LogP contribution in [0.25, 0.3) is 0 Å². The van der Waals surface area contributed by atoms with E-state index >= 15 is 0 Å². The summed E-state index contributed by atoms with van der Waals surface area (Å²) in [5, 5.41) is 8.91. The molecule has 2 aromatic rings. The highest BCUT2D eigenvalue weighted by atomic mass is 19.1. The zero-order valence-corrected chi connectivity index (χ0v) is 10.3. The number of hydrogen-bond acceptors (Lipinski definition) is 2. The third-order valence-corrected chi connectivity index (χ3v) is 2.69. The quantitative estimate of drug-likeness (QED) is 0.899. The van der Waals surface area contributed by atoms with Crippen molar-refractivity contribution in [1.29, 1.82) is 0 Å². The zero-order valence-electron chi connectivity index (χ0n) is 10.3. The Bertz CT molecular complexity index is 541. The summed E-state index contributed by atoms with van der Waals surface area (Å²) in [4.78, 5) is 0. The molecule has 0 heterocycles. The largest absolute Gasteiger partial charge is 0.486 e. The van der Waals surface area contributed by atoms with Crippen molar-refractivity contribution in [3.63, 3.8) is 0 Å². The van der Waals surface area contributed by atoms with Crippen molar-refractivity contribution in [2.75, 3.05) is 6.61 Å². The van der Waals surface area contributed by atoms with Gasteiger partial charge in [0, 0.05) is 18.2 Å². The van der Waals surface area contributed by atoms with E-state index in [9.17, 15) is 8.78 Å². The van der Waals surface area contributed by atoms with E-state index in [1.807, 2.05) is 30.3 Å². The van der Waals surface area contributed by atoms with E-state index in [1.54, 1.807) is 0 Å². The molecule has 100 valence electrons. The summed E-state index contributed by atoms with van der Waals surface area (Å²) in [6, 6.07) is 11.3. The second-order valence-electron chi connectivity index (χ2n) is 4.12. The summed E-state index contributed by atoms with van der Waals surface area (Å²) in [7, 11) is 0. The molecule has 2 aromatic carbocycles. The lowest BCUT2D eigenvalue weighted by Crippen LogP contribution is -2.03. The second kappa shape index (κ2) is 6.29. The van der Waals surface area contributed by atoms with Crippen LogP contribution in [0.3, 0.4) is 0 Å². The summed E-state index contributed by atoms with van der Waals surface area (Å²) in [5.41, 5.74) is 1.22. The molecule has 0 aliphatic heterocycles. The van der Waals surface area contributed by atoms with Crippen LogP contribution in [0.15, 0.2) is 42.5 Å². The van der Waals surface area contributed by atoms with Gasteiger partial charge >= 0.3 is 0 Å².